The second-order valence-corrected chi connectivity index (χ2v) is 10.9. The average Bonchev–Trinajstić information content (AvgIpc) is 3.18. The number of carbonyl (C=O) groups excluding carboxylic acids is 1. The van der Waals surface area contributed by atoms with Crippen molar-refractivity contribution in [3.8, 4) is 28.6 Å². The fraction of sp³-hybridized carbons (Fsp3) is 0.407. The van der Waals surface area contributed by atoms with Crippen LogP contribution in [0.1, 0.15) is 56.4 Å². The number of aromatic nitrogens is 2. The van der Waals surface area contributed by atoms with Gasteiger partial charge < -0.3 is 14.4 Å². The molecule has 0 fully saturated rings. The predicted molar refractivity (Wildman–Crippen MR) is 141 cm³/mol. The smallest absolute Gasteiger partial charge is 0.274 e. The van der Waals surface area contributed by atoms with Gasteiger partial charge in [0.25, 0.3) is 5.91 Å². The molecule has 0 bridgehead atoms. The lowest BCUT2D eigenvalue weighted by molar-refractivity contribution is 0.0649. The molecule has 0 spiro atoms. The lowest BCUT2D eigenvalue weighted by Gasteiger charge is -2.32. The van der Waals surface area contributed by atoms with Crippen LogP contribution in [-0.2, 0) is 12.8 Å². The standard InChI is InChI=1S/C27H31Cl2N3O3/c1-15(2)35-23-14-21-16(12-22(23)34-7)8-11-20-24(26(33)31(6)27(3,4)5)30-25(32(20)21)18-13-17(28)9-10-19(18)29/h9-10,12-15H,8,11H2,1-7H3. The summed E-state index contributed by atoms with van der Waals surface area (Å²) in [6.07, 6.45) is 1.35. The molecule has 0 N–H and O–H groups in total. The molecule has 0 aliphatic carbocycles. The zero-order chi connectivity index (χ0) is 25.7. The fourth-order valence-electron chi connectivity index (χ4n) is 4.19. The highest BCUT2D eigenvalue weighted by Gasteiger charge is 2.33. The van der Waals surface area contributed by atoms with Crippen molar-refractivity contribution in [1.29, 1.82) is 0 Å². The zero-order valence-electron chi connectivity index (χ0n) is 21.2. The number of imidazole rings is 1. The molecule has 1 aliphatic heterocycles. The first-order chi connectivity index (χ1) is 16.4. The molecule has 186 valence electrons. The maximum Gasteiger partial charge on any atom is 0.274 e. The van der Waals surface area contributed by atoms with Gasteiger partial charge in [0, 0.05) is 29.2 Å². The van der Waals surface area contributed by atoms with Crippen LogP contribution in [0.25, 0.3) is 17.1 Å². The Labute approximate surface area is 216 Å². The van der Waals surface area contributed by atoms with Gasteiger partial charge in [0.15, 0.2) is 17.2 Å². The number of amides is 1. The molecule has 8 heteroatoms. The summed E-state index contributed by atoms with van der Waals surface area (Å²) >= 11 is 13.0. The van der Waals surface area contributed by atoms with Gasteiger partial charge in [0.05, 0.1) is 29.6 Å². The van der Waals surface area contributed by atoms with Gasteiger partial charge in [-0.1, -0.05) is 23.2 Å². The summed E-state index contributed by atoms with van der Waals surface area (Å²) in [6, 6.07) is 9.23. The topological polar surface area (TPSA) is 56.6 Å². The molecular formula is C27H31Cl2N3O3. The third-order valence-corrected chi connectivity index (χ3v) is 6.82. The number of methoxy groups -OCH3 is 1. The Bertz CT molecular complexity index is 1290. The minimum atomic E-state index is -0.361. The van der Waals surface area contributed by atoms with Crippen molar-refractivity contribution in [3.05, 3.63) is 57.3 Å². The number of halogens is 2. The van der Waals surface area contributed by atoms with Crippen LogP contribution in [0.2, 0.25) is 10.0 Å². The van der Waals surface area contributed by atoms with E-state index >= 15 is 0 Å². The van der Waals surface area contributed by atoms with Crippen molar-refractivity contribution in [1.82, 2.24) is 14.5 Å². The molecule has 0 atom stereocenters. The van der Waals surface area contributed by atoms with Crippen molar-refractivity contribution in [2.45, 2.75) is 59.1 Å². The number of ether oxygens (including phenoxy) is 2. The highest BCUT2D eigenvalue weighted by atomic mass is 35.5. The van der Waals surface area contributed by atoms with Gasteiger partial charge in [0.2, 0.25) is 0 Å². The van der Waals surface area contributed by atoms with Crippen molar-refractivity contribution >= 4 is 29.1 Å². The summed E-state index contributed by atoms with van der Waals surface area (Å²) in [7, 11) is 3.44. The summed E-state index contributed by atoms with van der Waals surface area (Å²) in [5, 5.41) is 1.04. The fourth-order valence-corrected chi connectivity index (χ4v) is 4.56. The van der Waals surface area contributed by atoms with Crippen LogP contribution >= 0.6 is 23.2 Å². The number of benzene rings is 2. The quantitative estimate of drug-likeness (QED) is 0.383. The predicted octanol–water partition coefficient (Wildman–Crippen LogP) is 6.61. The van der Waals surface area contributed by atoms with Gasteiger partial charge in [-0.2, -0.15) is 0 Å². The van der Waals surface area contributed by atoms with E-state index in [4.69, 9.17) is 37.7 Å². The van der Waals surface area contributed by atoms with E-state index in [1.165, 1.54) is 0 Å². The molecule has 4 rings (SSSR count). The Kier molecular flexibility index (Phi) is 6.82. The largest absolute Gasteiger partial charge is 0.493 e. The van der Waals surface area contributed by atoms with Gasteiger partial charge in [-0.15, -0.1) is 0 Å². The third-order valence-electron chi connectivity index (χ3n) is 6.26. The Hall–Kier alpha value is -2.70. The molecule has 3 aromatic rings. The van der Waals surface area contributed by atoms with Crippen molar-refractivity contribution in [3.63, 3.8) is 0 Å². The molecular weight excluding hydrogens is 485 g/mol. The SMILES string of the molecule is COc1cc2c(cc1OC(C)C)-n1c(-c3cc(Cl)ccc3Cl)nc(C(=O)N(C)C(C)(C)C)c1CC2. The van der Waals surface area contributed by atoms with Crippen LogP contribution in [0.15, 0.2) is 30.3 Å². The first kappa shape index (κ1) is 25.4. The normalized spacial score (nSPS) is 12.9. The molecule has 1 amide bonds. The zero-order valence-corrected chi connectivity index (χ0v) is 22.7. The molecule has 35 heavy (non-hydrogen) atoms. The molecule has 2 aromatic carbocycles. The highest BCUT2D eigenvalue weighted by molar-refractivity contribution is 6.35. The van der Waals surface area contributed by atoms with Crippen LogP contribution in [0.5, 0.6) is 11.5 Å². The van der Waals surface area contributed by atoms with Crippen molar-refractivity contribution in [2.24, 2.45) is 0 Å². The minimum absolute atomic E-state index is 0.0350. The number of fused-ring (bicyclic) bond motifs is 3. The van der Waals surface area contributed by atoms with Crippen LogP contribution in [-0.4, -0.2) is 46.2 Å². The maximum absolute atomic E-state index is 13.6. The van der Waals surface area contributed by atoms with Crippen LogP contribution in [0.4, 0.5) is 0 Å². The number of hydrogen-bond donors (Lipinski definition) is 0. The number of carbonyl (C=O) groups is 1. The first-order valence-electron chi connectivity index (χ1n) is 11.7. The Morgan fingerprint density at radius 3 is 2.46 bits per heavy atom. The molecule has 1 aromatic heterocycles. The first-order valence-corrected chi connectivity index (χ1v) is 12.4. The number of hydrogen-bond acceptors (Lipinski definition) is 4. The van der Waals surface area contributed by atoms with E-state index in [0.717, 1.165) is 23.4 Å². The van der Waals surface area contributed by atoms with E-state index in [1.54, 1.807) is 37.3 Å². The second kappa shape index (κ2) is 9.40. The Morgan fingerprint density at radius 2 is 1.83 bits per heavy atom. The summed E-state index contributed by atoms with van der Waals surface area (Å²) in [6.45, 7) is 9.94. The summed E-state index contributed by atoms with van der Waals surface area (Å²) < 4.78 is 13.7. The van der Waals surface area contributed by atoms with Crippen LogP contribution in [0.3, 0.4) is 0 Å². The summed E-state index contributed by atoms with van der Waals surface area (Å²) in [4.78, 5) is 20.2. The van der Waals surface area contributed by atoms with E-state index < -0.39 is 0 Å². The molecule has 0 unspecified atom stereocenters. The molecule has 0 saturated heterocycles. The minimum Gasteiger partial charge on any atom is -0.493 e. The lowest BCUT2D eigenvalue weighted by atomic mass is 9.98. The summed E-state index contributed by atoms with van der Waals surface area (Å²) in [5.74, 6) is 1.73. The van der Waals surface area contributed by atoms with E-state index in [-0.39, 0.29) is 17.6 Å². The van der Waals surface area contributed by atoms with Gasteiger partial charge in [0.1, 0.15) is 5.82 Å². The van der Waals surface area contributed by atoms with Crippen LogP contribution < -0.4 is 9.47 Å². The molecule has 0 saturated carbocycles. The van der Waals surface area contributed by atoms with E-state index in [1.807, 2.05) is 51.3 Å². The van der Waals surface area contributed by atoms with E-state index in [0.29, 0.717) is 45.0 Å². The summed E-state index contributed by atoms with van der Waals surface area (Å²) in [5.41, 5.74) is 3.52. The van der Waals surface area contributed by atoms with Gasteiger partial charge in [-0.3, -0.25) is 9.36 Å². The lowest BCUT2D eigenvalue weighted by Crippen LogP contribution is -2.43. The van der Waals surface area contributed by atoms with Crippen LogP contribution in [0, 0.1) is 0 Å². The van der Waals surface area contributed by atoms with Crippen molar-refractivity contribution in [2.75, 3.05) is 14.2 Å². The van der Waals surface area contributed by atoms with E-state index in [9.17, 15) is 4.79 Å². The maximum atomic E-state index is 13.6. The third kappa shape index (κ3) is 4.74. The van der Waals surface area contributed by atoms with Crippen molar-refractivity contribution < 1.29 is 14.3 Å². The molecule has 1 aliphatic rings. The number of rotatable bonds is 5. The monoisotopic (exact) mass is 515 g/mol. The molecule has 6 nitrogen and oxygen atoms in total. The molecule has 0 radical (unpaired) electrons. The molecule has 2 heterocycles. The van der Waals surface area contributed by atoms with Gasteiger partial charge in [-0.05, 0) is 77.3 Å². The second-order valence-electron chi connectivity index (χ2n) is 10.0. The average molecular weight is 516 g/mol. The highest BCUT2D eigenvalue weighted by Crippen LogP contribution is 2.41. The number of aryl methyl sites for hydroxylation is 1. The number of nitrogens with zero attached hydrogens (tertiary/aromatic N) is 3. The Balaban J connectivity index is 2.01. The van der Waals surface area contributed by atoms with Gasteiger partial charge >= 0.3 is 0 Å². The van der Waals surface area contributed by atoms with E-state index in [2.05, 4.69) is 0 Å². The Morgan fingerprint density at radius 1 is 1.11 bits per heavy atom. The van der Waals surface area contributed by atoms with Gasteiger partial charge in [-0.25, -0.2) is 4.98 Å².